The average molecular weight is 279 g/mol. The van der Waals surface area contributed by atoms with Gasteiger partial charge in [-0.25, -0.2) is 0 Å². The molecule has 2 aromatic rings. The summed E-state index contributed by atoms with van der Waals surface area (Å²) < 4.78 is 1.78. The lowest BCUT2D eigenvalue weighted by Gasteiger charge is -2.11. The molecule has 0 saturated carbocycles. The summed E-state index contributed by atoms with van der Waals surface area (Å²) in [7, 11) is 1.89. The number of rotatable bonds is 4. The van der Waals surface area contributed by atoms with Crippen molar-refractivity contribution in [2.45, 2.75) is 26.7 Å². The Balaban J connectivity index is 2.35. The van der Waals surface area contributed by atoms with Crippen molar-refractivity contribution in [3.05, 3.63) is 34.5 Å². The fourth-order valence-electron chi connectivity index (χ4n) is 2.02. The van der Waals surface area contributed by atoms with Crippen LogP contribution in [0.15, 0.2) is 18.2 Å². The molecule has 3 N–H and O–H groups in total. The van der Waals surface area contributed by atoms with Crippen LogP contribution in [0.2, 0.25) is 5.02 Å². The second kappa shape index (κ2) is 5.53. The van der Waals surface area contributed by atoms with Crippen molar-refractivity contribution < 1.29 is 0 Å². The lowest BCUT2D eigenvalue weighted by molar-refractivity contribution is 0.740. The van der Waals surface area contributed by atoms with Crippen molar-refractivity contribution in [1.82, 2.24) is 9.78 Å². The van der Waals surface area contributed by atoms with E-state index < -0.39 is 0 Å². The van der Waals surface area contributed by atoms with Crippen molar-refractivity contribution in [3.8, 4) is 0 Å². The predicted octanol–water partition coefficient (Wildman–Crippen LogP) is 3.66. The van der Waals surface area contributed by atoms with Crippen LogP contribution < -0.4 is 11.1 Å². The molecule has 0 spiro atoms. The maximum atomic E-state index is 6.15. The third-order valence-electron chi connectivity index (χ3n) is 3.10. The third kappa shape index (κ3) is 2.84. The highest BCUT2D eigenvalue weighted by Crippen LogP contribution is 2.29. The Morgan fingerprint density at radius 2 is 2.16 bits per heavy atom. The van der Waals surface area contributed by atoms with Crippen LogP contribution >= 0.6 is 11.6 Å². The zero-order valence-electron chi connectivity index (χ0n) is 11.5. The Morgan fingerprint density at radius 3 is 2.84 bits per heavy atom. The van der Waals surface area contributed by atoms with E-state index in [1.54, 1.807) is 4.68 Å². The molecule has 2 rings (SSSR count). The number of nitrogens with zero attached hydrogens (tertiary/aromatic N) is 2. The number of benzene rings is 1. The van der Waals surface area contributed by atoms with Crippen molar-refractivity contribution in [1.29, 1.82) is 0 Å². The lowest BCUT2D eigenvalue weighted by Crippen LogP contribution is -2.02. The monoisotopic (exact) mass is 278 g/mol. The van der Waals surface area contributed by atoms with Gasteiger partial charge in [-0.15, -0.1) is 0 Å². The summed E-state index contributed by atoms with van der Waals surface area (Å²) in [6.07, 6.45) is 1.91. The van der Waals surface area contributed by atoms with E-state index in [0.717, 1.165) is 35.6 Å². The molecule has 1 aromatic heterocycles. The number of nitrogens with two attached hydrogens (primary N) is 1. The molecular weight excluding hydrogens is 260 g/mol. The average Bonchev–Trinajstić information content (AvgIpc) is 2.62. The van der Waals surface area contributed by atoms with Gasteiger partial charge in [0.25, 0.3) is 0 Å². The molecule has 102 valence electrons. The van der Waals surface area contributed by atoms with E-state index in [1.807, 2.05) is 32.2 Å². The fourth-order valence-corrected chi connectivity index (χ4v) is 2.19. The first-order valence-corrected chi connectivity index (χ1v) is 6.75. The zero-order chi connectivity index (χ0) is 14.0. The van der Waals surface area contributed by atoms with E-state index >= 15 is 0 Å². The van der Waals surface area contributed by atoms with E-state index in [-0.39, 0.29) is 0 Å². The van der Waals surface area contributed by atoms with E-state index in [1.165, 1.54) is 0 Å². The Bertz CT molecular complexity index is 589. The largest absolute Gasteiger partial charge is 0.394 e. The van der Waals surface area contributed by atoms with Gasteiger partial charge in [0, 0.05) is 17.8 Å². The summed E-state index contributed by atoms with van der Waals surface area (Å²) in [5, 5.41) is 8.46. The quantitative estimate of drug-likeness (QED) is 0.897. The second-order valence-corrected chi connectivity index (χ2v) is 5.10. The van der Waals surface area contributed by atoms with Crippen LogP contribution in [0.1, 0.15) is 24.6 Å². The van der Waals surface area contributed by atoms with E-state index in [9.17, 15) is 0 Å². The molecule has 0 bridgehead atoms. The van der Waals surface area contributed by atoms with Gasteiger partial charge < -0.3 is 11.1 Å². The van der Waals surface area contributed by atoms with Gasteiger partial charge in [-0.05, 0) is 31.0 Å². The molecule has 0 radical (unpaired) electrons. The summed E-state index contributed by atoms with van der Waals surface area (Å²) in [6.45, 7) is 4.14. The summed E-state index contributed by atoms with van der Waals surface area (Å²) in [5.74, 6) is 0.814. The van der Waals surface area contributed by atoms with Crippen LogP contribution in [0.5, 0.6) is 0 Å². The van der Waals surface area contributed by atoms with Crippen molar-refractivity contribution in [2.24, 2.45) is 7.05 Å². The van der Waals surface area contributed by atoms with Gasteiger partial charge in [-0.2, -0.15) is 5.10 Å². The van der Waals surface area contributed by atoms with Gasteiger partial charge in [-0.3, -0.25) is 4.68 Å². The molecule has 0 unspecified atom stereocenters. The van der Waals surface area contributed by atoms with Crippen molar-refractivity contribution >= 4 is 28.8 Å². The van der Waals surface area contributed by atoms with Crippen LogP contribution in [-0.2, 0) is 13.5 Å². The number of hydrogen-bond acceptors (Lipinski definition) is 3. The molecule has 1 heterocycles. The van der Waals surface area contributed by atoms with Gasteiger partial charge in [0.1, 0.15) is 0 Å². The van der Waals surface area contributed by atoms with Crippen molar-refractivity contribution in [2.75, 3.05) is 11.1 Å². The van der Waals surface area contributed by atoms with Crippen LogP contribution in [0.4, 0.5) is 17.2 Å². The Labute approximate surface area is 118 Å². The molecule has 5 heteroatoms. The number of halogens is 1. The van der Waals surface area contributed by atoms with Gasteiger partial charge in [-0.1, -0.05) is 31.0 Å². The smallest absolute Gasteiger partial charge is 0.152 e. The number of anilines is 3. The maximum absolute atomic E-state index is 6.15. The fraction of sp³-hybridized carbons (Fsp3) is 0.357. The molecule has 0 atom stereocenters. The van der Waals surface area contributed by atoms with Crippen molar-refractivity contribution in [3.63, 3.8) is 0 Å². The molecule has 19 heavy (non-hydrogen) atoms. The van der Waals surface area contributed by atoms with Gasteiger partial charge in [0.15, 0.2) is 5.82 Å². The lowest BCUT2D eigenvalue weighted by atomic mass is 10.2. The van der Waals surface area contributed by atoms with E-state index in [4.69, 9.17) is 17.3 Å². The number of aryl methyl sites for hydroxylation is 3. The predicted molar refractivity (Wildman–Crippen MR) is 81.1 cm³/mol. The minimum absolute atomic E-state index is 0.697. The highest BCUT2D eigenvalue weighted by Gasteiger charge is 2.13. The summed E-state index contributed by atoms with van der Waals surface area (Å²) in [5.41, 5.74) is 9.86. The van der Waals surface area contributed by atoms with Gasteiger partial charge >= 0.3 is 0 Å². The van der Waals surface area contributed by atoms with E-state index in [2.05, 4.69) is 17.3 Å². The summed E-state index contributed by atoms with van der Waals surface area (Å²) in [6, 6.07) is 5.74. The first-order valence-electron chi connectivity index (χ1n) is 6.37. The SMILES string of the molecule is CCCc1nn(C)c(Nc2cc(Cl)ccc2C)c1N. The molecule has 0 amide bonds. The maximum Gasteiger partial charge on any atom is 0.152 e. The molecule has 1 aromatic carbocycles. The first-order chi connectivity index (χ1) is 9.02. The Morgan fingerprint density at radius 1 is 1.42 bits per heavy atom. The number of aromatic nitrogens is 2. The molecular formula is C14H19ClN4. The number of hydrogen-bond donors (Lipinski definition) is 2. The highest BCUT2D eigenvalue weighted by atomic mass is 35.5. The van der Waals surface area contributed by atoms with E-state index in [0.29, 0.717) is 10.7 Å². The zero-order valence-corrected chi connectivity index (χ0v) is 12.3. The molecule has 0 aliphatic heterocycles. The van der Waals surface area contributed by atoms with Crippen LogP contribution in [-0.4, -0.2) is 9.78 Å². The molecule has 0 aliphatic rings. The number of nitrogen functional groups attached to an aromatic ring is 1. The summed E-state index contributed by atoms with van der Waals surface area (Å²) in [4.78, 5) is 0. The topological polar surface area (TPSA) is 55.9 Å². The Hall–Kier alpha value is -1.68. The minimum atomic E-state index is 0.697. The van der Waals surface area contributed by atoms with Gasteiger partial charge in [0.2, 0.25) is 0 Å². The molecule has 0 saturated heterocycles. The molecule has 0 fully saturated rings. The standard InChI is InChI=1S/C14H19ClN4/c1-4-5-11-13(16)14(19(3)18-11)17-12-8-10(15)7-6-9(12)2/h6-8,17H,4-5,16H2,1-3H3. The van der Waals surface area contributed by atoms with Crippen LogP contribution in [0, 0.1) is 6.92 Å². The molecule has 4 nitrogen and oxygen atoms in total. The van der Waals surface area contributed by atoms with Crippen LogP contribution in [0.3, 0.4) is 0 Å². The van der Waals surface area contributed by atoms with Gasteiger partial charge in [0.05, 0.1) is 11.4 Å². The first kappa shape index (κ1) is 13.7. The Kier molecular flexibility index (Phi) is 4.00. The molecule has 0 aliphatic carbocycles. The highest BCUT2D eigenvalue weighted by molar-refractivity contribution is 6.30. The second-order valence-electron chi connectivity index (χ2n) is 4.67. The normalized spacial score (nSPS) is 10.7. The third-order valence-corrected chi connectivity index (χ3v) is 3.33. The summed E-state index contributed by atoms with van der Waals surface area (Å²) >= 11 is 6.02. The number of nitrogens with one attached hydrogen (secondary N) is 1. The van der Waals surface area contributed by atoms with Crippen LogP contribution in [0.25, 0.3) is 0 Å². The minimum Gasteiger partial charge on any atom is -0.394 e.